The average molecular weight is 390 g/mol. The van der Waals surface area contributed by atoms with Crippen molar-refractivity contribution in [3.05, 3.63) is 59.4 Å². The van der Waals surface area contributed by atoms with Crippen LogP contribution in [-0.2, 0) is 24.3 Å². The largest absolute Gasteiger partial charge is 0.460 e. The fourth-order valence-electron chi connectivity index (χ4n) is 4.54. The van der Waals surface area contributed by atoms with Crippen LogP contribution in [0.2, 0.25) is 0 Å². The Morgan fingerprint density at radius 2 is 2.17 bits per heavy atom. The number of likely N-dealkylation sites (tertiary alicyclic amines) is 1. The highest BCUT2D eigenvalue weighted by Gasteiger charge is 2.26. The quantitative estimate of drug-likeness (QED) is 0.685. The molecule has 0 N–H and O–H groups in total. The van der Waals surface area contributed by atoms with Crippen molar-refractivity contribution in [3.8, 4) is 0 Å². The van der Waals surface area contributed by atoms with Crippen molar-refractivity contribution >= 4 is 16.9 Å². The summed E-state index contributed by atoms with van der Waals surface area (Å²) in [6.07, 6.45) is 5.02. The Bertz CT molecular complexity index is 1010. The monoisotopic (exact) mass is 390 g/mol. The first-order chi connectivity index (χ1) is 14.2. The van der Waals surface area contributed by atoms with Gasteiger partial charge in [-0.25, -0.2) is 9.97 Å². The number of fused-ring (bicyclic) bond motifs is 2. The minimum absolute atomic E-state index is 0.119. The number of furan rings is 1. The summed E-state index contributed by atoms with van der Waals surface area (Å²) in [5.41, 5.74) is 3.15. The zero-order chi connectivity index (χ0) is 19.8. The lowest BCUT2D eigenvalue weighted by atomic mass is 9.96. The van der Waals surface area contributed by atoms with E-state index < -0.39 is 0 Å². The van der Waals surface area contributed by atoms with Gasteiger partial charge in [0.25, 0.3) is 0 Å². The highest BCUT2D eigenvalue weighted by molar-refractivity contribution is 5.77. The van der Waals surface area contributed by atoms with Crippen LogP contribution in [0.1, 0.15) is 48.5 Å². The summed E-state index contributed by atoms with van der Waals surface area (Å²) in [6.45, 7) is 5.86. The predicted octanol–water partition coefficient (Wildman–Crippen LogP) is 3.51. The Morgan fingerprint density at radius 1 is 1.28 bits per heavy atom. The summed E-state index contributed by atoms with van der Waals surface area (Å²) in [4.78, 5) is 25.5. The Labute approximate surface area is 170 Å². The van der Waals surface area contributed by atoms with Gasteiger partial charge in [0.15, 0.2) is 0 Å². The standard InChI is InChI=1S/C23H26N4O2/c1-16(28)27-10-8-21-19(14-27)12-24-23(25-21)18-6-4-9-26(13-18)15-20-11-17-5-2-3-7-22(17)29-20/h2-3,5,7,11-12,18H,4,6,8-10,13-15H2,1H3. The number of hydrogen-bond donors (Lipinski definition) is 0. The van der Waals surface area contributed by atoms with Gasteiger partial charge in [-0.05, 0) is 31.5 Å². The molecule has 150 valence electrons. The molecule has 5 rings (SSSR count). The van der Waals surface area contributed by atoms with Crippen molar-refractivity contribution in [1.82, 2.24) is 19.8 Å². The number of carbonyl (C=O) groups is 1. The van der Waals surface area contributed by atoms with E-state index in [1.165, 1.54) is 0 Å². The summed E-state index contributed by atoms with van der Waals surface area (Å²) < 4.78 is 6.01. The molecule has 1 unspecified atom stereocenters. The topological polar surface area (TPSA) is 62.5 Å². The summed E-state index contributed by atoms with van der Waals surface area (Å²) in [5, 5.41) is 1.16. The molecule has 1 aromatic carbocycles. The first-order valence-electron chi connectivity index (χ1n) is 10.5. The van der Waals surface area contributed by atoms with E-state index in [0.717, 1.165) is 79.3 Å². The molecule has 0 bridgehead atoms. The van der Waals surface area contributed by atoms with Crippen LogP contribution in [0.25, 0.3) is 11.0 Å². The Kier molecular flexibility index (Phi) is 4.79. The van der Waals surface area contributed by atoms with Crippen molar-refractivity contribution in [2.24, 2.45) is 0 Å². The molecule has 0 saturated carbocycles. The van der Waals surface area contributed by atoms with Gasteiger partial charge in [-0.2, -0.15) is 0 Å². The maximum absolute atomic E-state index is 11.6. The molecule has 0 spiro atoms. The van der Waals surface area contributed by atoms with Crippen LogP contribution in [-0.4, -0.2) is 45.3 Å². The Morgan fingerprint density at radius 3 is 3.03 bits per heavy atom. The molecule has 1 amide bonds. The number of benzene rings is 1. The normalized spacial score (nSPS) is 20.0. The van der Waals surface area contributed by atoms with Crippen molar-refractivity contribution in [2.75, 3.05) is 19.6 Å². The maximum atomic E-state index is 11.6. The second-order valence-corrected chi connectivity index (χ2v) is 8.22. The molecule has 29 heavy (non-hydrogen) atoms. The van der Waals surface area contributed by atoms with E-state index in [0.29, 0.717) is 12.5 Å². The minimum Gasteiger partial charge on any atom is -0.460 e. The smallest absolute Gasteiger partial charge is 0.219 e. The van der Waals surface area contributed by atoms with Crippen LogP contribution in [0, 0.1) is 0 Å². The van der Waals surface area contributed by atoms with Crippen molar-refractivity contribution < 1.29 is 9.21 Å². The van der Waals surface area contributed by atoms with Gasteiger partial charge >= 0.3 is 0 Å². The fraction of sp³-hybridized carbons (Fsp3) is 0.435. The number of para-hydroxylation sites is 1. The molecule has 6 nitrogen and oxygen atoms in total. The van der Waals surface area contributed by atoms with Gasteiger partial charge in [0.2, 0.25) is 5.91 Å². The summed E-state index contributed by atoms with van der Waals surface area (Å²) in [6, 6.07) is 10.3. The number of hydrogen-bond acceptors (Lipinski definition) is 5. The van der Waals surface area contributed by atoms with Crippen molar-refractivity contribution in [1.29, 1.82) is 0 Å². The lowest BCUT2D eigenvalue weighted by molar-refractivity contribution is -0.129. The third-order valence-electron chi connectivity index (χ3n) is 6.12. The molecular formula is C23H26N4O2. The lowest BCUT2D eigenvalue weighted by Crippen LogP contribution is -2.36. The molecule has 1 atom stereocenters. The molecule has 0 aliphatic carbocycles. The number of aromatic nitrogens is 2. The molecule has 0 radical (unpaired) electrons. The van der Waals surface area contributed by atoms with E-state index in [9.17, 15) is 4.79 Å². The minimum atomic E-state index is 0.119. The first kappa shape index (κ1) is 18.3. The van der Waals surface area contributed by atoms with Gasteiger partial charge in [-0.15, -0.1) is 0 Å². The zero-order valence-electron chi connectivity index (χ0n) is 16.8. The molecule has 6 heteroatoms. The van der Waals surface area contributed by atoms with E-state index in [1.807, 2.05) is 29.3 Å². The summed E-state index contributed by atoms with van der Waals surface area (Å²) in [7, 11) is 0. The Hall–Kier alpha value is -2.73. The average Bonchev–Trinajstić information content (AvgIpc) is 3.15. The molecule has 4 heterocycles. The van der Waals surface area contributed by atoms with E-state index >= 15 is 0 Å². The van der Waals surface area contributed by atoms with Crippen molar-refractivity contribution in [3.63, 3.8) is 0 Å². The van der Waals surface area contributed by atoms with Gasteiger partial charge in [-0.1, -0.05) is 18.2 Å². The number of amides is 1. The second kappa shape index (κ2) is 7.59. The highest BCUT2D eigenvalue weighted by atomic mass is 16.3. The number of rotatable bonds is 3. The summed E-state index contributed by atoms with van der Waals surface area (Å²) in [5.74, 6) is 2.44. The molecule has 3 aromatic rings. The molecule has 2 aliphatic rings. The molecular weight excluding hydrogens is 364 g/mol. The van der Waals surface area contributed by atoms with E-state index in [2.05, 4.69) is 22.0 Å². The maximum Gasteiger partial charge on any atom is 0.219 e. The van der Waals surface area contributed by atoms with Crippen LogP contribution in [0.3, 0.4) is 0 Å². The van der Waals surface area contributed by atoms with Gasteiger partial charge in [-0.3, -0.25) is 9.69 Å². The second-order valence-electron chi connectivity index (χ2n) is 8.22. The van der Waals surface area contributed by atoms with Crippen LogP contribution < -0.4 is 0 Å². The summed E-state index contributed by atoms with van der Waals surface area (Å²) >= 11 is 0. The van der Waals surface area contributed by atoms with Gasteiger partial charge in [0.05, 0.1) is 12.2 Å². The van der Waals surface area contributed by atoms with Gasteiger partial charge in [0.1, 0.15) is 17.2 Å². The third kappa shape index (κ3) is 3.77. The van der Waals surface area contributed by atoms with Crippen molar-refractivity contribution in [2.45, 2.75) is 45.2 Å². The third-order valence-corrected chi connectivity index (χ3v) is 6.12. The number of nitrogens with zero attached hydrogens (tertiary/aromatic N) is 4. The van der Waals surface area contributed by atoms with E-state index in [4.69, 9.17) is 9.40 Å². The van der Waals surface area contributed by atoms with Crippen LogP contribution in [0.4, 0.5) is 0 Å². The SMILES string of the molecule is CC(=O)N1CCc2nc(C3CCCN(Cc4cc5ccccc5o4)C3)ncc2C1. The molecule has 1 fully saturated rings. The number of piperidine rings is 1. The Balaban J connectivity index is 1.29. The van der Waals surface area contributed by atoms with Crippen LogP contribution in [0.15, 0.2) is 40.9 Å². The number of carbonyl (C=O) groups excluding carboxylic acids is 1. The van der Waals surface area contributed by atoms with Crippen LogP contribution in [0.5, 0.6) is 0 Å². The fourth-order valence-corrected chi connectivity index (χ4v) is 4.54. The molecule has 2 aromatic heterocycles. The zero-order valence-corrected chi connectivity index (χ0v) is 16.8. The lowest BCUT2D eigenvalue weighted by Gasteiger charge is -2.32. The highest BCUT2D eigenvalue weighted by Crippen LogP contribution is 2.28. The van der Waals surface area contributed by atoms with Gasteiger partial charge in [0, 0.05) is 56.0 Å². The van der Waals surface area contributed by atoms with E-state index in [-0.39, 0.29) is 5.91 Å². The molecule has 1 saturated heterocycles. The van der Waals surface area contributed by atoms with Crippen LogP contribution >= 0.6 is 0 Å². The predicted molar refractivity (Wildman–Crippen MR) is 110 cm³/mol. The van der Waals surface area contributed by atoms with E-state index in [1.54, 1.807) is 6.92 Å². The van der Waals surface area contributed by atoms with Gasteiger partial charge < -0.3 is 9.32 Å². The molecule has 2 aliphatic heterocycles. The first-order valence-corrected chi connectivity index (χ1v) is 10.5.